The van der Waals surface area contributed by atoms with Gasteiger partial charge in [0, 0.05) is 37.8 Å². The topological polar surface area (TPSA) is 90.0 Å². The summed E-state index contributed by atoms with van der Waals surface area (Å²) >= 11 is 0. The molecule has 1 heterocycles. The highest BCUT2D eigenvalue weighted by Crippen LogP contribution is 2.27. The van der Waals surface area contributed by atoms with Crippen LogP contribution in [0.5, 0.6) is 0 Å². The Kier molecular flexibility index (Phi) is 6.90. The molecule has 0 radical (unpaired) electrons. The van der Waals surface area contributed by atoms with Crippen LogP contribution >= 0.6 is 0 Å². The van der Waals surface area contributed by atoms with E-state index in [1.165, 1.54) is 0 Å². The van der Waals surface area contributed by atoms with Crippen LogP contribution in [0, 0.1) is 19.8 Å². The molecule has 2 N–H and O–H groups in total. The molecule has 0 aromatic heterocycles. The van der Waals surface area contributed by atoms with Gasteiger partial charge in [0.05, 0.1) is 12.5 Å². The standard InChI is InChI=1S/C22H31N3O4/c1-15-4-3-5-16(2)21(15)23-19(26)14-25(18-6-7-18)13-10-20(27)24-11-8-17(9-12-24)22(28)29/h3-5,17-18H,6-14H2,1-2H3,(H,23,26)(H,28,29). The number of nitrogens with zero attached hydrogens (tertiary/aromatic N) is 2. The van der Waals surface area contributed by atoms with E-state index >= 15 is 0 Å². The molecule has 7 nitrogen and oxygen atoms in total. The second-order valence-corrected chi connectivity index (χ2v) is 8.26. The number of aryl methyl sites for hydroxylation is 2. The van der Waals surface area contributed by atoms with Crippen molar-refractivity contribution < 1.29 is 19.5 Å². The highest BCUT2D eigenvalue weighted by Gasteiger charge is 2.32. The van der Waals surface area contributed by atoms with E-state index in [4.69, 9.17) is 5.11 Å². The average Bonchev–Trinajstić information content (AvgIpc) is 3.53. The van der Waals surface area contributed by atoms with Gasteiger partial charge >= 0.3 is 5.97 Å². The van der Waals surface area contributed by atoms with E-state index in [2.05, 4.69) is 10.2 Å². The van der Waals surface area contributed by atoms with Crippen LogP contribution in [0.1, 0.15) is 43.2 Å². The first-order valence-electron chi connectivity index (χ1n) is 10.5. The highest BCUT2D eigenvalue weighted by molar-refractivity contribution is 5.93. The van der Waals surface area contributed by atoms with Gasteiger partial charge in [-0.25, -0.2) is 0 Å². The molecule has 7 heteroatoms. The Labute approximate surface area is 172 Å². The van der Waals surface area contributed by atoms with Crippen molar-refractivity contribution in [3.63, 3.8) is 0 Å². The third kappa shape index (κ3) is 5.79. The Hall–Kier alpha value is -2.41. The fraction of sp³-hybridized carbons (Fsp3) is 0.591. The average molecular weight is 402 g/mol. The van der Waals surface area contributed by atoms with Gasteiger partial charge in [-0.3, -0.25) is 19.3 Å². The van der Waals surface area contributed by atoms with Crippen molar-refractivity contribution in [3.05, 3.63) is 29.3 Å². The predicted molar refractivity (Wildman–Crippen MR) is 111 cm³/mol. The molecule has 0 unspecified atom stereocenters. The summed E-state index contributed by atoms with van der Waals surface area (Å²) in [5.41, 5.74) is 2.94. The number of carbonyl (C=O) groups excluding carboxylic acids is 2. The Bertz CT molecular complexity index is 747. The van der Waals surface area contributed by atoms with Crippen LogP contribution in [-0.4, -0.2) is 64.9 Å². The van der Waals surface area contributed by atoms with Gasteiger partial charge in [0.2, 0.25) is 11.8 Å². The number of piperidine rings is 1. The molecular formula is C22H31N3O4. The van der Waals surface area contributed by atoms with Crippen LogP contribution < -0.4 is 5.32 Å². The molecule has 0 atom stereocenters. The van der Waals surface area contributed by atoms with Crippen molar-refractivity contribution in [1.82, 2.24) is 9.80 Å². The maximum Gasteiger partial charge on any atom is 0.306 e. The molecule has 0 spiro atoms. The lowest BCUT2D eigenvalue weighted by molar-refractivity contribution is -0.145. The van der Waals surface area contributed by atoms with Gasteiger partial charge in [-0.2, -0.15) is 0 Å². The first-order chi connectivity index (χ1) is 13.8. The Morgan fingerprint density at radius 1 is 1.10 bits per heavy atom. The molecule has 2 aliphatic rings. The van der Waals surface area contributed by atoms with Crippen LogP contribution in [-0.2, 0) is 14.4 Å². The molecule has 3 rings (SSSR count). The number of para-hydroxylation sites is 1. The van der Waals surface area contributed by atoms with Crippen LogP contribution in [0.25, 0.3) is 0 Å². The van der Waals surface area contributed by atoms with E-state index in [1.54, 1.807) is 4.90 Å². The minimum atomic E-state index is -0.771. The van der Waals surface area contributed by atoms with E-state index in [9.17, 15) is 14.4 Å². The number of likely N-dealkylation sites (tertiary alicyclic amines) is 1. The van der Waals surface area contributed by atoms with Gasteiger partial charge < -0.3 is 15.3 Å². The quantitative estimate of drug-likeness (QED) is 0.698. The smallest absolute Gasteiger partial charge is 0.306 e. The first kappa shape index (κ1) is 21.3. The molecule has 1 saturated carbocycles. The van der Waals surface area contributed by atoms with Crippen LogP contribution in [0.4, 0.5) is 5.69 Å². The largest absolute Gasteiger partial charge is 0.481 e. The number of anilines is 1. The Balaban J connectivity index is 1.49. The lowest BCUT2D eigenvalue weighted by atomic mass is 9.97. The number of carboxylic acid groups (broad SMARTS) is 1. The summed E-state index contributed by atoms with van der Waals surface area (Å²) in [4.78, 5) is 40.1. The number of hydrogen-bond acceptors (Lipinski definition) is 4. The van der Waals surface area contributed by atoms with E-state index in [0.717, 1.165) is 29.7 Å². The lowest BCUT2D eigenvalue weighted by Crippen LogP contribution is -2.42. The van der Waals surface area contributed by atoms with Crippen molar-refractivity contribution >= 4 is 23.5 Å². The molecule has 1 aromatic rings. The monoisotopic (exact) mass is 401 g/mol. The molecule has 1 saturated heterocycles. The normalized spacial score (nSPS) is 17.4. The molecular weight excluding hydrogens is 370 g/mol. The number of carbonyl (C=O) groups is 3. The first-order valence-corrected chi connectivity index (χ1v) is 10.5. The Morgan fingerprint density at radius 2 is 1.72 bits per heavy atom. The predicted octanol–water partition coefficient (Wildman–Crippen LogP) is 2.42. The van der Waals surface area contributed by atoms with Crippen molar-refractivity contribution in [2.45, 2.75) is 52.0 Å². The summed E-state index contributed by atoms with van der Waals surface area (Å²) in [6, 6.07) is 6.31. The fourth-order valence-corrected chi connectivity index (χ4v) is 3.98. The lowest BCUT2D eigenvalue weighted by Gasteiger charge is -2.31. The van der Waals surface area contributed by atoms with Crippen LogP contribution in [0.3, 0.4) is 0 Å². The van der Waals surface area contributed by atoms with E-state index in [1.807, 2.05) is 32.0 Å². The summed E-state index contributed by atoms with van der Waals surface area (Å²) < 4.78 is 0. The number of rotatable bonds is 8. The van der Waals surface area contributed by atoms with Gasteiger partial charge in [0.25, 0.3) is 0 Å². The maximum atomic E-state index is 12.6. The molecule has 1 aliphatic carbocycles. The third-order valence-electron chi connectivity index (χ3n) is 5.97. The minimum Gasteiger partial charge on any atom is -0.481 e. The molecule has 1 aromatic carbocycles. The van der Waals surface area contributed by atoms with Crippen molar-refractivity contribution in [3.8, 4) is 0 Å². The van der Waals surface area contributed by atoms with Gasteiger partial charge in [-0.15, -0.1) is 0 Å². The van der Waals surface area contributed by atoms with Crippen molar-refractivity contribution in [2.24, 2.45) is 5.92 Å². The minimum absolute atomic E-state index is 0.0506. The number of carboxylic acids is 1. The van der Waals surface area contributed by atoms with Gasteiger partial charge in [0.15, 0.2) is 0 Å². The molecule has 2 fully saturated rings. The zero-order chi connectivity index (χ0) is 21.0. The Morgan fingerprint density at radius 3 is 2.28 bits per heavy atom. The third-order valence-corrected chi connectivity index (χ3v) is 5.97. The van der Waals surface area contributed by atoms with Gasteiger partial charge in [-0.1, -0.05) is 18.2 Å². The van der Waals surface area contributed by atoms with Crippen LogP contribution in [0.2, 0.25) is 0 Å². The SMILES string of the molecule is Cc1cccc(C)c1NC(=O)CN(CCC(=O)N1CCC(C(=O)O)CC1)C1CC1. The summed E-state index contributed by atoms with van der Waals surface area (Å²) in [5, 5.41) is 12.1. The number of amides is 2. The zero-order valence-corrected chi connectivity index (χ0v) is 17.3. The van der Waals surface area contributed by atoms with Gasteiger partial charge in [-0.05, 0) is 50.7 Å². The number of benzene rings is 1. The molecule has 158 valence electrons. The molecule has 2 amide bonds. The molecule has 0 bridgehead atoms. The number of nitrogens with one attached hydrogen (secondary N) is 1. The van der Waals surface area contributed by atoms with E-state index in [-0.39, 0.29) is 24.3 Å². The molecule has 1 aliphatic heterocycles. The van der Waals surface area contributed by atoms with Crippen molar-refractivity contribution in [2.75, 3.05) is 31.5 Å². The summed E-state index contributed by atoms with van der Waals surface area (Å²) in [6.07, 6.45) is 3.53. The van der Waals surface area contributed by atoms with E-state index < -0.39 is 5.97 Å². The maximum absolute atomic E-state index is 12.6. The fourth-order valence-electron chi connectivity index (χ4n) is 3.98. The summed E-state index contributed by atoms with van der Waals surface area (Å²) in [6.45, 7) is 5.81. The van der Waals surface area contributed by atoms with Crippen LogP contribution in [0.15, 0.2) is 18.2 Å². The number of hydrogen-bond donors (Lipinski definition) is 2. The highest BCUT2D eigenvalue weighted by atomic mass is 16.4. The zero-order valence-electron chi connectivity index (χ0n) is 17.3. The van der Waals surface area contributed by atoms with Gasteiger partial charge in [0.1, 0.15) is 0 Å². The summed E-state index contributed by atoms with van der Waals surface area (Å²) in [7, 11) is 0. The van der Waals surface area contributed by atoms with E-state index in [0.29, 0.717) is 44.9 Å². The molecule has 29 heavy (non-hydrogen) atoms. The second kappa shape index (κ2) is 9.39. The number of aliphatic carboxylic acids is 1. The second-order valence-electron chi connectivity index (χ2n) is 8.26. The summed E-state index contributed by atoms with van der Waals surface area (Å²) in [5.74, 6) is -1.11. The van der Waals surface area contributed by atoms with Crippen molar-refractivity contribution in [1.29, 1.82) is 0 Å².